The van der Waals surface area contributed by atoms with E-state index < -0.39 is 0 Å². The molecule has 1 N–H and O–H groups in total. The summed E-state index contributed by atoms with van der Waals surface area (Å²) in [4.78, 5) is 2.87. The van der Waals surface area contributed by atoms with Crippen LogP contribution in [-0.2, 0) is 0 Å². The monoisotopic (exact) mass is 278 g/mol. The van der Waals surface area contributed by atoms with Gasteiger partial charge in [0.1, 0.15) is 0 Å². The second-order valence-corrected chi connectivity index (χ2v) is 7.58. The lowest BCUT2D eigenvalue weighted by molar-refractivity contribution is 0.0797. The van der Waals surface area contributed by atoms with Crippen LogP contribution >= 0.6 is 0 Å². The van der Waals surface area contributed by atoms with E-state index >= 15 is 0 Å². The molecular formula is C18H34N2. The Balaban J connectivity index is 1.56. The van der Waals surface area contributed by atoms with E-state index in [4.69, 9.17) is 0 Å². The Bertz CT molecular complexity index is 279. The van der Waals surface area contributed by atoms with Crippen molar-refractivity contribution in [3.8, 4) is 0 Å². The number of hydrogen-bond donors (Lipinski definition) is 1. The van der Waals surface area contributed by atoms with Crippen molar-refractivity contribution >= 4 is 0 Å². The molecule has 0 aromatic rings. The number of piperazine rings is 1. The summed E-state index contributed by atoms with van der Waals surface area (Å²) in [5.41, 5.74) is 0. The van der Waals surface area contributed by atoms with Crippen LogP contribution < -0.4 is 5.32 Å². The number of rotatable bonds is 4. The van der Waals surface area contributed by atoms with Crippen LogP contribution in [0.1, 0.15) is 71.1 Å². The van der Waals surface area contributed by atoms with Crippen molar-refractivity contribution in [3.05, 3.63) is 0 Å². The zero-order valence-corrected chi connectivity index (χ0v) is 13.4. The highest BCUT2D eigenvalue weighted by atomic mass is 15.2. The SMILES string of the molecule is CCC1CNC(C2CCCCC2)CN1CC1CCCC1. The topological polar surface area (TPSA) is 15.3 Å². The quantitative estimate of drug-likeness (QED) is 0.841. The summed E-state index contributed by atoms with van der Waals surface area (Å²) < 4.78 is 0. The molecule has 116 valence electrons. The Morgan fingerprint density at radius 1 is 0.950 bits per heavy atom. The van der Waals surface area contributed by atoms with Crippen molar-refractivity contribution < 1.29 is 0 Å². The van der Waals surface area contributed by atoms with Crippen LogP contribution in [0.5, 0.6) is 0 Å². The number of nitrogens with one attached hydrogen (secondary N) is 1. The van der Waals surface area contributed by atoms with Crippen molar-refractivity contribution in [3.63, 3.8) is 0 Å². The first-order chi connectivity index (χ1) is 9.86. The molecule has 2 nitrogen and oxygen atoms in total. The van der Waals surface area contributed by atoms with Gasteiger partial charge in [0.05, 0.1) is 0 Å². The van der Waals surface area contributed by atoms with Gasteiger partial charge in [-0.15, -0.1) is 0 Å². The molecule has 3 fully saturated rings. The lowest BCUT2D eigenvalue weighted by Crippen LogP contribution is -2.59. The van der Waals surface area contributed by atoms with Gasteiger partial charge in [0.25, 0.3) is 0 Å². The third-order valence-corrected chi connectivity index (χ3v) is 6.22. The molecular weight excluding hydrogens is 244 g/mol. The highest BCUT2D eigenvalue weighted by molar-refractivity contribution is 4.91. The van der Waals surface area contributed by atoms with Gasteiger partial charge in [-0.05, 0) is 43.9 Å². The predicted octanol–water partition coefficient (Wildman–Crippen LogP) is 3.81. The summed E-state index contributed by atoms with van der Waals surface area (Å²) >= 11 is 0. The normalized spacial score (nSPS) is 34.6. The fraction of sp³-hybridized carbons (Fsp3) is 1.00. The number of hydrogen-bond acceptors (Lipinski definition) is 2. The molecule has 3 rings (SSSR count). The molecule has 2 atom stereocenters. The van der Waals surface area contributed by atoms with E-state index in [1.807, 2.05) is 0 Å². The van der Waals surface area contributed by atoms with E-state index in [0.29, 0.717) is 0 Å². The molecule has 0 amide bonds. The summed E-state index contributed by atoms with van der Waals surface area (Å²) in [7, 11) is 0. The first kappa shape index (κ1) is 14.8. The Kier molecular flexibility index (Phi) is 5.39. The molecule has 2 saturated carbocycles. The van der Waals surface area contributed by atoms with E-state index in [0.717, 1.165) is 23.9 Å². The summed E-state index contributed by atoms with van der Waals surface area (Å²) in [5.74, 6) is 1.97. The summed E-state index contributed by atoms with van der Waals surface area (Å²) in [6, 6.07) is 1.59. The van der Waals surface area contributed by atoms with Gasteiger partial charge < -0.3 is 5.32 Å². The summed E-state index contributed by atoms with van der Waals surface area (Å²) in [6.07, 6.45) is 14.7. The Morgan fingerprint density at radius 3 is 2.35 bits per heavy atom. The third kappa shape index (κ3) is 3.57. The van der Waals surface area contributed by atoms with Gasteiger partial charge in [-0.3, -0.25) is 4.90 Å². The van der Waals surface area contributed by atoms with Crippen LogP contribution in [0.4, 0.5) is 0 Å². The summed E-state index contributed by atoms with van der Waals surface area (Å²) in [5, 5.41) is 3.90. The Morgan fingerprint density at radius 2 is 1.65 bits per heavy atom. The Hall–Kier alpha value is -0.0800. The van der Waals surface area contributed by atoms with Crippen LogP contribution in [0.15, 0.2) is 0 Å². The second kappa shape index (κ2) is 7.26. The van der Waals surface area contributed by atoms with Crippen molar-refractivity contribution in [1.29, 1.82) is 0 Å². The third-order valence-electron chi connectivity index (χ3n) is 6.22. The number of nitrogens with zero attached hydrogens (tertiary/aromatic N) is 1. The van der Waals surface area contributed by atoms with E-state index in [1.54, 1.807) is 0 Å². The van der Waals surface area contributed by atoms with Crippen molar-refractivity contribution in [2.45, 2.75) is 83.2 Å². The molecule has 2 unspecified atom stereocenters. The van der Waals surface area contributed by atoms with Gasteiger partial charge in [0.15, 0.2) is 0 Å². The first-order valence-electron chi connectivity index (χ1n) is 9.34. The molecule has 20 heavy (non-hydrogen) atoms. The van der Waals surface area contributed by atoms with E-state index in [1.165, 1.54) is 83.8 Å². The van der Waals surface area contributed by atoms with Crippen LogP contribution in [0.2, 0.25) is 0 Å². The largest absolute Gasteiger partial charge is 0.311 e. The van der Waals surface area contributed by atoms with Crippen LogP contribution in [0, 0.1) is 11.8 Å². The van der Waals surface area contributed by atoms with E-state index in [2.05, 4.69) is 17.1 Å². The molecule has 3 aliphatic rings. The maximum absolute atomic E-state index is 3.90. The maximum atomic E-state index is 3.90. The molecule has 1 saturated heterocycles. The van der Waals surface area contributed by atoms with Gasteiger partial charge in [0, 0.05) is 31.7 Å². The van der Waals surface area contributed by atoms with Gasteiger partial charge in [-0.2, -0.15) is 0 Å². The van der Waals surface area contributed by atoms with Crippen molar-refractivity contribution in [1.82, 2.24) is 10.2 Å². The minimum atomic E-state index is 0.791. The molecule has 2 heteroatoms. The molecule has 0 aromatic carbocycles. The smallest absolute Gasteiger partial charge is 0.0224 e. The average molecular weight is 278 g/mol. The molecule has 1 aliphatic heterocycles. The highest BCUT2D eigenvalue weighted by Gasteiger charge is 2.33. The molecule has 2 aliphatic carbocycles. The first-order valence-corrected chi connectivity index (χ1v) is 9.34. The van der Waals surface area contributed by atoms with Crippen molar-refractivity contribution in [2.75, 3.05) is 19.6 Å². The lowest BCUT2D eigenvalue weighted by atomic mass is 9.82. The van der Waals surface area contributed by atoms with Gasteiger partial charge in [0.2, 0.25) is 0 Å². The van der Waals surface area contributed by atoms with Crippen LogP contribution in [0.25, 0.3) is 0 Å². The molecule has 0 bridgehead atoms. The zero-order chi connectivity index (χ0) is 13.8. The second-order valence-electron chi connectivity index (χ2n) is 7.58. The van der Waals surface area contributed by atoms with Gasteiger partial charge >= 0.3 is 0 Å². The fourth-order valence-corrected chi connectivity index (χ4v) is 4.89. The molecule has 1 heterocycles. The Labute approximate surface area is 125 Å². The lowest BCUT2D eigenvalue weighted by Gasteiger charge is -2.44. The highest BCUT2D eigenvalue weighted by Crippen LogP contribution is 2.31. The van der Waals surface area contributed by atoms with E-state index in [9.17, 15) is 0 Å². The zero-order valence-electron chi connectivity index (χ0n) is 13.4. The van der Waals surface area contributed by atoms with Crippen molar-refractivity contribution in [2.24, 2.45) is 11.8 Å². The fourth-order valence-electron chi connectivity index (χ4n) is 4.89. The van der Waals surface area contributed by atoms with E-state index in [-0.39, 0.29) is 0 Å². The molecule has 0 aromatic heterocycles. The van der Waals surface area contributed by atoms with Crippen LogP contribution in [0.3, 0.4) is 0 Å². The minimum Gasteiger partial charge on any atom is -0.311 e. The summed E-state index contributed by atoms with van der Waals surface area (Å²) in [6.45, 7) is 6.34. The van der Waals surface area contributed by atoms with Gasteiger partial charge in [-0.25, -0.2) is 0 Å². The molecule has 0 spiro atoms. The molecule has 0 radical (unpaired) electrons. The van der Waals surface area contributed by atoms with Crippen LogP contribution in [-0.4, -0.2) is 36.6 Å². The minimum absolute atomic E-state index is 0.791. The predicted molar refractivity (Wildman–Crippen MR) is 86.0 cm³/mol. The maximum Gasteiger partial charge on any atom is 0.0224 e. The van der Waals surface area contributed by atoms with Gasteiger partial charge in [-0.1, -0.05) is 39.0 Å². The standard InChI is InChI=1S/C18H34N2/c1-2-17-12-19-18(16-10-4-3-5-11-16)14-20(17)13-15-8-6-7-9-15/h15-19H,2-14H2,1H3. The average Bonchev–Trinajstić information content (AvgIpc) is 3.01.